The smallest absolute Gasteiger partial charge is 0.308 e. The fraction of sp³-hybridized carbons (Fsp3) is 0.636. The van der Waals surface area contributed by atoms with Gasteiger partial charge < -0.3 is 9.26 Å². The average molecular weight is 566 g/mol. The summed E-state index contributed by atoms with van der Waals surface area (Å²) in [4.78, 5) is 31.4. The van der Waals surface area contributed by atoms with Gasteiger partial charge in [-0.1, -0.05) is 31.8 Å². The van der Waals surface area contributed by atoms with Crippen LogP contribution in [0.2, 0.25) is 0 Å². The second kappa shape index (κ2) is 12.9. The van der Waals surface area contributed by atoms with Gasteiger partial charge in [-0.3, -0.25) is 14.2 Å². The number of halogens is 1. The van der Waals surface area contributed by atoms with Crippen LogP contribution in [-0.4, -0.2) is 27.3 Å². The van der Waals surface area contributed by atoms with Crippen LogP contribution in [0.5, 0.6) is 0 Å². The summed E-state index contributed by atoms with van der Waals surface area (Å²) in [7, 11) is 0. The van der Waals surface area contributed by atoms with Crippen LogP contribution in [0.25, 0.3) is 11.0 Å². The largest absolute Gasteiger partial charge is 0.465 e. The van der Waals surface area contributed by atoms with Gasteiger partial charge in [0.1, 0.15) is 11.6 Å². The third kappa shape index (κ3) is 6.41. The van der Waals surface area contributed by atoms with Gasteiger partial charge in [0.05, 0.1) is 18.2 Å². The summed E-state index contributed by atoms with van der Waals surface area (Å²) in [5.74, 6) is 0.612. The van der Waals surface area contributed by atoms with E-state index in [1.165, 1.54) is 12.1 Å². The highest BCUT2D eigenvalue weighted by Gasteiger charge is 2.39. The third-order valence-electron chi connectivity index (χ3n) is 9.51. The molecular weight excluding hydrogens is 521 g/mol. The van der Waals surface area contributed by atoms with Crippen molar-refractivity contribution < 1.29 is 18.4 Å². The first-order chi connectivity index (χ1) is 19.8. The van der Waals surface area contributed by atoms with Crippen molar-refractivity contribution in [2.75, 3.05) is 6.61 Å². The molecule has 1 saturated carbocycles. The molecule has 0 N–H and O–H groups in total. The van der Waals surface area contributed by atoms with E-state index in [0.29, 0.717) is 18.6 Å². The van der Waals surface area contributed by atoms with Crippen molar-refractivity contribution in [2.45, 2.75) is 117 Å². The van der Waals surface area contributed by atoms with Crippen LogP contribution in [-0.2, 0) is 28.9 Å². The van der Waals surface area contributed by atoms with Crippen LogP contribution in [0.4, 0.5) is 4.39 Å². The highest BCUT2D eigenvalue weighted by atomic mass is 19.1. The van der Waals surface area contributed by atoms with E-state index < -0.39 is 0 Å². The quantitative estimate of drug-likeness (QED) is 0.228. The van der Waals surface area contributed by atoms with E-state index in [9.17, 15) is 14.0 Å². The van der Waals surface area contributed by atoms with Crippen molar-refractivity contribution in [1.29, 1.82) is 0 Å². The molecule has 0 unspecified atom stereocenters. The van der Waals surface area contributed by atoms with Crippen molar-refractivity contribution in [3.05, 3.63) is 57.1 Å². The molecule has 0 saturated heterocycles. The molecule has 1 fully saturated rings. The lowest BCUT2D eigenvalue weighted by Crippen LogP contribution is -2.36. The Labute approximate surface area is 241 Å². The molecule has 5 rings (SSSR count). The summed E-state index contributed by atoms with van der Waals surface area (Å²) in [6, 6.07) is 4.59. The van der Waals surface area contributed by atoms with Gasteiger partial charge in [-0.25, -0.2) is 9.37 Å². The molecule has 2 aromatic heterocycles. The first kappa shape index (κ1) is 29.5. The molecule has 3 aromatic rings. The molecule has 222 valence electrons. The molecular formula is C33H44FN3O4. The molecule has 1 aliphatic heterocycles. The zero-order chi connectivity index (χ0) is 29.0. The molecule has 0 spiro atoms. The van der Waals surface area contributed by atoms with Gasteiger partial charge in [0, 0.05) is 47.0 Å². The van der Waals surface area contributed by atoms with E-state index in [4.69, 9.17) is 14.2 Å². The molecule has 2 aliphatic rings. The minimum Gasteiger partial charge on any atom is -0.465 e. The molecule has 7 nitrogen and oxygen atoms in total. The molecule has 0 atom stereocenters. The maximum Gasteiger partial charge on any atom is 0.308 e. The fourth-order valence-electron chi connectivity index (χ4n) is 7.02. The van der Waals surface area contributed by atoms with Crippen molar-refractivity contribution in [1.82, 2.24) is 14.7 Å². The number of carbonyl (C=O) groups is 1. The van der Waals surface area contributed by atoms with Gasteiger partial charge in [0.15, 0.2) is 5.58 Å². The standard InChI is InChI=1S/C33H44FN3O4/c1-4-8-24(9-5-2)32(39)40-21-33(18-15-26-22(3)35-29-10-6-7-19-37(29)31(26)38)16-13-23(14-17-33)30-27-12-11-25(34)20-28(27)41-36-30/h11-12,20,23-24H,4-10,13-19,21H2,1-3H3. The fourth-order valence-corrected chi connectivity index (χ4v) is 7.02. The van der Waals surface area contributed by atoms with E-state index in [1.807, 2.05) is 11.5 Å². The number of aromatic nitrogens is 3. The monoisotopic (exact) mass is 565 g/mol. The molecule has 3 heterocycles. The van der Waals surface area contributed by atoms with Crippen LogP contribution < -0.4 is 5.56 Å². The number of rotatable bonds is 11. The molecule has 8 heteroatoms. The Hall–Kier alpha value is -3.03. The zero-order valence-corrected chi connectivity index (χ0v) is 24.8. The van der Waals surface area contributed by atoms with E-state index in [0.717, 1.165) is 112 Å². The number of hydrogen-bond donors (Lipinski definition) is 0. The van der Waals surface area contributed by atoms with E-state index >= 15 is 0 Å². The first-order valence-corrected chi connectivity index (χ1v) is 15.6. The van der Waals surface area contributed by atoms with Gasteiger partial charge in [-0.2, -0.15) is 0 Å². The minimum atomic E-state index is -0.336. The van der Waals surface area contributed by atoms with E-state index in [1.54, 1.807) is 6.07 Å². The number of esters is 1. The lowest BCUT2D eigenvalue weighted by Gasteiger charge is -2.40. The molecule has 41 heavy (non-hydrogen) atoms. The SMILES string of the molecule is CCCC(CCC)C(=O)OCC1(CCc2c(C)nc3n(c2=O)CCCC3)CCC(c2noc3cc(F)ccc23)CC1. The first-order valence-electron chi connectivity index (χ1n) is 15.6. The molecule has 0 amide bonds. The number of fused-ring (bicyclic) bond motifs is 2. The van der Waals surface area contributed by atoms with Crippen molar-refractivity contribution in [3.63, 3.8) is 0 Å². The van der Waals surface area contributed by atoms with Crippen LogP contribution in [0.15, 0.2) is 27.5 Å². The zero-order valence-electron chi connectivity index (χ0n) is 24.8. The van der Waals surface area contributed by atoms with Crippen molar-refractivity contribution >= 4 is 16.9 Å². The number of carbonyl (C=O) groups excluding carboxylic acids is 1. The Kier molecular flexibility index (Phi) is 9.25. The number of benzene rings is 1. The Bertz CT molecular complexity index is 1410. The summed E-state index contributed by atoms with van der Waals surface area (Å²) >= 11 is 0. The Morgan fingerprint density at radius 2 is 1.95 bits per heavy atom. The second-order valence-corrected chi connectivity index (χ2v) is 12.4. The highest BCUT2D eigenvalue weighted by Crippen LogP contribution is 2.47. The normalized spacial score (nSPS) is 20.9. The maximum atomic E-state index is 13.7. The summed E-state index contributed by atoms with van der Waals surface area (Å²) < 4.78 is 27.1. The Morgan fingerprint density at radius 3 is 2.68 bits per heavy atom. The molecule has 1 aliphatic carbocycles. The maximum absolute atomic E-state index is 13.7. The van der Waals surface area contributed by atoms with Crippen LogP contribution in [0.1, 0.15) is 113 Å². The lowest BCUT2D eigenvalue weighted by atomic mass is 9.67. The minimum absolute atomic E-state index is 0.0583. The number of aryl methyl sites for hydroxylation is 2. The van der Waals surface area contributed by atoms with Gasteiger partial charge in [-0.05, 0) is 83.3 Å². The van der Waals surface area contributed by atoms with Crippen molar-refractivity contribution in [3.8, 4) is 0 Å². The van der Waals surface area contributed by atoms with Gasteiger partial charge in [0.25, 0.3) is 5.56 Å². The molecule has 0 bridgehead atoms. The van der Waals surface area contributed by atoms with Crippen molar-refractivity contribution in [2.24, 2.45) is 11.3 Å². The predicted molar refractivity (Wildman–Crippen MR) is 156 cm³/mol. The molecule has 1 aromatic carbocycles. The van der Waals surface area contributed by atoms with Gasteiger partial charge >= 0.3 is 5.97 Å². The summed E-state index contributed by atoms with van der Waals surface area (Å²) in [5.41, 5.74) is 2.85. The number of nitrogens with zero attached hydrogens (tertiary/aromatic N) is 3. The van der Waals surface area contributed by atoms with Crippen LogP contribution in [0.3, 0.4) is 0 Å². The Morgan fingerprint density at radius 1 is 1.20 bits per heavy atom. The average Bonchev–Trinajstić information content (AvgIpc) is 3.39. The summed E-state index contributed by atoms with van der Waals surface area (Å²) in [6.45, 7) is 7.27. The Balaban J connectivity index is 1.35. The second-order valence-electron chi connectivity index (χ2n) is 12.4. The highest BCUT2D eigenvalue weighted by molar-refractivity contribution is 5.80. The summed E-state index contributed by atoms with van der Waals surface area (Å²) in [5, 5.41) is 5.19. The number of hydrogen-bond acceptors (Lipinski definition) is 6. The van der Waals surface area contributed by atoms with E-state index in [2.05, 4.69) is 19.0 Å². The lowest BCUT2D eigenvalue weighted by molar-refractivity contribution is -0.154. The van der Waals surface area contributed by atoms with E-state index in [-0.39, 0.29) is 34.6 Å². The predicted octanol–water partition coefficient (Wildman–Crippen LogP) is 7.20. The van der Waals surface area contributed by atoms with Crippen LogP contribution in [0, 0.1) is 24.1 Å². The third-order valence-corrected chi connectivity index (χ3v) is 9.51. The summed E-state index contributed by atoms with van der Waals surface area (Å²) in [6.07, 6.45) is 11.4. The number of ether oxygens (including phenoxy) is 1. The van der Waals surface area contributed by atoms with Gasteiger partial charge in [-0.15, -0.1) is 0 Å². The molecule has 0 radical (unpaired) electrons. The van der Waals surface area contributed by atoms with Gasteiger partial charge in [0.2, 0.25) is 0 Å². The van der Waals surface area contributed by atoms with Crippen LogP contribution >= 0.6 is 0 Å². The topological polar surface area (TPSA) is 87.2 Å².